The summed E-state index contributed by atoms with van der Waals surface area (Å²) in [4.78, 5) is 0. The lowest BCUT2D eigenvalue weighted by atomic mass is 10.2. The van der Waals surface area contributed by atoms with Crippen LogP contribution in [0, 0.1) is 6.92 Å². The maximum atomic E-state index is 5.88. The number of rotatable bonds is 5. The van der Waals surface area contributed by atoms with Crippen LogP contribution in [0.2, 0.25) is 0 Å². The van der Waals surface area contributed by atoms with Crippen LogP contribution in [0.1, 0.15) is 18.2 Å². The van der Waals surface area contributed by atoms with Crippen LogP contribution in [-0.4, -0.2) is 16.4 Å². The Kier molecular flexibility index (Phi) is 4.06. The van der Waals surface area contributed by atoms with Gasteiger partial charge in [-0.05, 0) is 26.0 Å². The SMILES string of the molecule is CCOc1cccc(Oc2c(CN)c(C)nn2C)c1. The number of aromatic nitrogens is 2. The number of nitrogens with zero attached hydrogens (tertiary/aromatic N) is 2. The molecule has 102 valence electrons. The van der Waals surface area contributed by atoms with Gasteiger partial charge in [-0.3, -0.25) is 0 Å². The molecule has 0 fully saturated rings. The number of hydrogen-bond acceptors (Lipinski definition) is 4. The Morgan fingerprint density at radius 3 is 2.74 bits per heavy atom. The molecule has 0 saturated carbocycles. The van der Waals surface area contributed by atoms with Gasteiger partial charge in [0.1, 0.15) is 11.5 Å². The second-order valence-electron chi connectivity index (χ2n) is 4.21. The van der Waals surface area contributed by atoms with Crippen molar-refractivity contribution >= 4 is 0 Å². The first-order valence-electron chi connectivity index (χ1n) is 6.29. The first-order chi connectivity index (χ1) is 9.15. The molecule has 0 aliphatic rings. The molecule has 2 aromatic rings. The van der Waals surface area contributed by atoms with Gasteiger partial charge in [0, 0.05) is 19.7 Å². The number of benzene rings is 1. The zero-order valence-electron chi connectivity index (χ0n) is 11.5. The van der Waals surface area contributed by atoms with E-state index >= 15 is 0 Å². The molecule has 2 rings (SSSR count). The van der Waals surface area contributed by atoms with Crippen molar-refractivity contribution in [3.63, 3.8) is 0 Å². The van der Waals surface area contributed by atoms with Crippen LogP contribution < -0.4 is 15.2 Å². The average molecular weight is 261 g/mol. The van der Waals surface area contributed by atoms with Crippen LogP contribution in [0.3, 0.4) is 0 Å². The van der Waals surface area contributed by atoms with Crippen molar-refractivity contribution in [3.8, 4) is 17.4 Å². The number of nitrogens with two attached hydrogens (primary N) is 1. The van der Waals surface area contributed by atoms with Crippen molar-refractivity contribution < 1.29 is 9.47 Å². The third kappa shape index (κ3) is 2.88. The highest BCUT2D eigenvalue weighted by Crippen LogP contribution is 2.28. The Morgan fingerprint density at radius 1 is 1.32 bits per heavy atom. The fourth-order valence-electron chi connectivity index (χ4n) is 1.95. The normalized spacial score (nSPS) is 10.5. The third-order valence-electron chi connectivity index (χ3n) is 2.82. The first-order valence-corrected chi connectivity index (χ1v) is 6.29. The Hall–Kier alpha value is -2.01. The van der Waals surface area contributed by atoms with E-state index in [1.54, 1.807) is 4.68 Å². The van der Waals surface area contributed by atoms with Crippen LogP contribution >= 0.6 is 0 Å². The van der Waals surface area contributed by atoms with E-state index in [0.29, 0.717) is 24.8 Å². The molecule has 0 spiro atoms. The second-order valence-corrected chi connectivity index (χ2v) is 4.21. The van der Waals surface area contributed by atoms with Gasteiger partial charge in [0.2, 0.25) is 5.88 Å². The summed E-state index contributed by atoms with van der Waals surface area (Å²) in [6, 6.07) is 7.53. The van der Waals surface area contributed by atoms with Gasteiger partial charge in [0.05, 0.1) is 17.9 Å². The molecule has 0 amide bonds. The molecule has 1 heterocycles. The molecule has 2 N–H and O–H groups in total. The molecule has 0 aliphatic heterocycles. The van der Waals surface area contributed by atoms with Gasteiger partial charge in [0.25, 0.3) is 0 Å². The van der Waals surface area contributed by atoms with Crippen LogP contribution in [0.15, 0.2) is 24.3 Å². The van der Waals surface area contributed by atoms with Gasteiger partial charge in [-0.15, -0.1) is 0 Å². The lowest BCUT2D eigenvalue weighted by molar-refractivity contribution is 0.337. The highest BCUT2D eigenvalue weighted by molar-refractivity contribution is 5.38. The maximum Gasteiger partial charge on any atom is 0.222 e. The first kappa shape index (κ1) is 13.4. The molecule has 1 aromatic heterocycles. The van der Waals surface area contributed by atoms with Crippen molar-refractivity contribution in [1.29, 1.82) is 0 Å². The molecule has 1 aromatic carbocycles. The minimum absolute atomic E-state index is 0.403. The van der Waals surface area contributed by atoms with E-state index in [4.69, 9.17) is 15.2 Å². The molecular formula is C14H19N3O2. The van der Waals surface area contributed by atoms with E-state index in [1.807, 2.05) is 45.2 Å². The number of ether oxygens (including phenoxy) is 2. The minimum atomic E-state index is 0.403. The third-order valence-corrected chi connectivity index (χ3v) is 2.82. The summed E-state index contributed by atoms with van der Waals surface area (Å²) >= 11 is 0. The fraction of sp³-hybridized carbons (Fsp3) is 0.357. The molecule has 0 bridgehead atoms. The summed E-state index contributed by atoms with van der Waals surface area (Å²) in [6.45, 7) is 4.90. The molecule has 0 radical (unpaired) electrons. The summed E-state index contributed by atoms with van der Waals surface area (Å²) in [6.07, 6.45) is 0. The molecule has 0 saturated heterocycles. The summed E-state index contributed by atoms with van der Waals surface area (Å²) in [5.74, 6) is 2.17. The van der Waals surface area contributed by atoms with Crippen molar-refractivity contribution in [2.45, 2.75) is 20.4 Å². The zero-order chi connectivity index (χ0) is 13.8. The Bertz CT molecular complexity index is 564. The van der Waals surface area contributed by atoms with Crippen LogP contribution in [0.5, 0.6) is 17.4 Å². The Labute approximate surface area is 112 Å². The van der Waals surface area contributed by atoms with Crippen LogP contribution in [-0.2, 0) is 13.6 Å². The fourth-order valence-corrected chi connectivity index (χ4v) is 1.95. The molecule has 0 unspecified atom stereocenters. The lowest BCUT2D eigenvalue weighted by Gasteiger charge is -2.09. The highest BCUT2D eigenvalue weighted by Gasteiger charge is 2.14. The van der Waals surface area contributed by atoms with E-state index in [1.165, 1.54) is 0 Å². The highest BCUT2D eigenvalue weighted by atomic mass is 16.5. The number of hydrogen-bond donors (Lipinski definition) is 1. The molecule has 5 nitrogen and oxygen atoms in total. The number of aryl methyl sites for hydroxylation is 2. The minimum Gasteiger partial charge on any atom is -0.494 e. The van der Waals surface area contributed by atoms with E-state index in [9.17, 15) is 0 Å². The predicted molar refractivity (Wildman–Crippen MR) is 73.5 cm³/mol. The van der Waals surface area contributed by atoms with Crippen molar-refractivity contribution in [2.24, 2.45) is 12.8 Å². The van der Waals surface area contributed by atoms with E-state index in [-0.39, 0.29) is 0 Å². The summed E-state index contributed by atoms with van der Waals surface area (Å²) < 4.78 is 13.0. The van der Waals surface area contributed by atoms with Gasteiger partial charge in [-0.1, -0.05) is 6.07 Å². The van der Waals surface area contributed by atoms with E-state index in [0.717, 1.165) is 17.0 Å². The van der Waals surface area contributed by atoms with E-state index < -0.39 is 0 Å². The molecule has 19 heavy (non-hydrogen) atoms. The Morgan fingerprint density at radius 2 is 2.05 bits per heavy atom. The molecule has 0 aliphatic carbocycles. The molecular weight excluding hydrogens is 242 g/mol. The van der Waals surface area contributed by atoms with Gasteiger partial charge >= 0.3 is 0 Å². The van der Waals surface area contributed by atoms with Crippen molar-refractivity contribution in [2.75, 3.05) is 6.61 Å². The zero-order valence-corrected chi connectivity index (χ0v) is 11.5. The smallest absolute Gasteiger partial charge is 0.222 e. The summed E-state index contributed by atoms with van der Waals surface area (Å²) in [7, 11) is 1.84. The average Bonchev–Trinajstić information content (AvgIpc) is 2.65. The van der Waals surface area contributed by atoms with Gasteiger partial charge < -0.3 is 15.2 Å². The predicted octanol–water partition coefficient (Wildman–Crippen LogP) is 2.38. The molecule has 5 heteroatoms. The Balaban J connectivity index is 2.28. The second kappa shape index (κ2) is 5.75. The lowest BCUT2D eigenvalue weighted by Crippen LogP contribution is -2.01. The van der Waals surface area contributed by atoms with Gasteiger partial charge in [-0.2, -0.15) is 5.10 Å². The van der Waals surface area contributed by atoms with Crippen LogP contribution in [0.25, 0.3) is 0 Å². The standard InChI is InChI=1S/C14H19N3O2/c1-4-18-11-6-5-7-12(8-11)19-14-13(9-15)10(2)16-17(14)3/h5-8H,4,9,15H2,1-3H3. The van der Waals surface area contributed by atoms with Crippen LogP contribution in [0.4, 0.5) is 0 Å². The van der Waals surface area contributed by atoms with Crippen molar-refractivity contribution in [3.05, 3.63) is 35.5 Å². The summed E-state index contributed by atoms with van der Waals surface area (Å²) in [5, 5.41) is 4.32. The largest absolute Gasteiger partial charge is 0.494 e. The monoisotopic (exact) mass is 261 g/mol. The quantitative estimate of drug-likeness (QED) is 0.897. The van der Waals surface area contributed by atoms with Gasteiger partial charge in [-0.25, -0.2) is 4.68 Å². The maximum absolute atomic E-state index is 5.88. The van der Waals surface area contributed by atoms with E-state index in [2.05, 4.69) is 5.10 Å². The molecule has 0 atom stereocenters. The summed E-state index contributed by atoms with van der Waals surface area (Å²) in [5.41, 5.74) is 7.55. The van der Waals surface area contributed by atoms with Gasteiger partial charge in [0.15, 0.2) is 0 Å². The topological polar surface area (TPSA) is 62.3 Å². The van der Waals surface area contributed by atoms with Crippen molar-refractivity contribution in [1.82, 2.24) is 9.78 Å².